The van der Waals surface area contributed by atoms with Crippen LogP contribution in [0.5, 0.6) is 0 Å². The van der Waals surface area contributed by atoms with Crippen molar-refractivity contribution < 1.29 is 27.2 Å². The molecule has 0 saturated heterocycles. The third-order valence-electron chi connectivity index (χ3n) is 9.59. The molecule has 0 unspecified atom stereocenters. The molecule has 0 bridgehead atoms. The molecule has 0 atom stereocenters. The molecule has 0 aliphatic carbocycles. The fourth-order valence-corrected chi connectivity index (χ4v) is 11.8. The predicted molar refractivity (Wildman–Crippen MR) is 227 cm³/mol. The molecule has 54 heavy (non-hydrogen) atoms. The van der Waals surface area contributed by atoms with Gasteiger partial charge in [0.15, 0.2) is 0 Å². The number of halogens is 1. The summed E-state index contributed by atoms with van der Waals surface area (Å²) in [4.78, 5) is 9.04. The summed E-state index contributed by atoms with van der Waals surface area (Å²) < 4.78 is 36.5. The van der Waals surface area contributed by atoms with E-state index in [9.17, 15) is 0 Å². The van der Waals surface area contributed by atoms with Crippen molar-refractivity contribution in [3.05, 3.63) is 174 Å². The van der Waals surface area contributed by atoms with E-state index in [4.69, 9.17) is 2.74 Å². The fourth-order valence-electron chi connectivity index (χ4n) is 6.91. The van der Waals surface area contributed by atoms with Crippen LogP contribution in [0.15, 0.2) is 134 Å². The third kappa shape index (κ3) is 7.69. The van der Waals surface area contributed by atoms with E-state index in [1.165, 1.54) is 20.7 Å². The Morgan fingerprint density at radius 1 is 0.759 bits per heavy atom. The summed E-state index contributed by atoms with van der Waals surface area (Å²) >= 11 is -0.103. The minimum atomic E-state index is -2.02. The number of hydrogen-bond donors (Lipinski definition) is 0. The van der Waals surface area contributed by atoms with E-state index in [2.05, 4.69) is 95.0 Å². The van der Waals surface area contributed by atoms with Gasteiger partial charge in [-0.25, -0.2) is 4.39 Å². The zero-order valence-corrected chi connectivity index (χ0v) is 36.0. The summed E-state index contributed by atoms with van der Waals surface area (Å²) in [7, 11) is 0. The third-order valence-corrected chi connectivity index (χ3v) is 15.2. The summed E-state index contributed by atoms with van der Waals surface area (Å²) in [6.07, 6.45) is 1.18. The molecule has 0 aliphatic heterocycles. The molecule has 0 N–H and O–H groups in total. The number of pyridine rings is 2. The van der Waals surface area contributed by atoms with Crippen LogP contribution in [0.25, 0.3) is 64.2 Å². The Hall–Kier alpha value is -4.52. The maximum Gasteiger partial charge on any atom is 0.143 e. The van der Waals surface area contributed by atoms with Gasteiger partial charge >= 0.3 is 106 Å². The minimum absolute atomic E-state index is 0. The molecule has 0 fully saturated rings. The SMILES string of the molecule is Cc1cc(-c2[c-]cccc2)nc[c]1[Ge]([CH3])([CH3])[CH3].[2H]C([2H])(c1ccc(C)cc1)c1cc(-c2[c-]c3ccccc3c3c2sc2cc4ccccc4cc23)ncc1F.[Ir]. The van der Waals surface area contributed by atoms with Gasteiger partial charge in [-0.05, 0) is 57.4 Å². The molecule has 6 heteroatoms. The maximum absolute atomic E-state index is 15.1. The van der Waals surface area contributed by atoms with Crippen molar-refractivity contribution >= 4 is 70.7 Å². The monoisotopic (exact) mass is 963 g/mol. The molecule has 0 aliphatic rings. The Morgan fingerprint density at radius 2 is 1.46 bits per heavy atom. The summed E-state index contributed by atoms with van der Waals surface area (Å²) in [6, 6.07) is 46.5. The standard InChI is InChI=1S/C33H21FNS.C15H18GeN.Ir/c1-20-10-12-21(13-11-20)14-25-17-30(35-19-29(25)34)27-16-24-8-4-5-9-26(24)32-28-15-22-6-2-3-7-23(22)18-31(28)36-33(27)32;1-12-10-15(13-8-6-5-7-9-13)17-11-14(12)16(2,3)4;/h2-13,15,17-19H,14H2,1H3;5-8,10-11H,1-4H3;/q2*-1;/i14D2;;. The fraction of sp³-hybridized carbons (Fsp3) is 0.125. The van der Waals surface area contributed by atoms with E-state index < -0.39 is 25.5 Å². The Morgan fingerprint density at radius 3 is 2.19 bits per heavy atom. The Kier molecular flexibility index (Phi) is 10.2. The van der Waals surface area contributed by atoms with Crippen LogP contribution in [0.2, 0.25) is 17.3 Å². The van der Waals surface area contributed by atoms with E-state index in [1.807, 2.05) is 67.6 Å². The second-order valence-electron chi connectivity index (χ2n) is 14.5. The van der Waals surface area contributed by atoms with Crippen molar-refractivity contribution in [2.75, 3.05) is 0 Å². The number of aromatic nitrogens is 2. The molecule has 6 aromatic carbocycles. The van der Waals surface area contributed by atoms with Crippen LogP contribution in [0, 0.1) is 31.8 Å². The number of rotatable bonds is 5. The van der Waals surface area contributed by atoms with Crippen molar-refractivity contribution in [3.63, 3.8) is 0 Å². The van der Waals surface area contributed by atoms with Gasteiger partial charge in [0.25, 0.3) is 0 Å². The molecule has 0 amide bonds. The van der Waals surface area contributed by atoms with Gasteiger partial charge in [0.1, 0.15) is 5.82 Å². The topological polar surface area (TPSA) is 25.8 Å². The minimum Gasteiger partial charge on any atom is -0.292 e. The Bertz CT molecular complexity index is 2870. The van der Waals surface area contributed by atoms with Crippen molar-refractivity contribution in [2.24, 2.45) is 0 Å². The number of thiophene rings is 1. The van der Waals surface area contributed by atoms with Crippen molar-refractivity contribution in [1.29, 1.82) is 0 Å². The summed E-state index contributed by atoms with van der Waals surface area (Å²) in [5.74, 6) is 6.54. The second-order valence-corrected chi connectivity index (χ2v) is 26.1. The first-order valence-electron chi connectivity index (χ1n) is 18.8. The second kappa shape index (κ2) is 15.7. The van der Waals surface area contributed by atoms with Crippen LogP contribution in [0.3, 0.4) is 0 Å². The number of nitrogens with zero attached hydrogens (tertiary/aromatic N) is 2. The zero-order chi connectivity index (χ0) is 38.5. The quantitative estimate of drug-likeness (QED) is 0.127. The van der Waals surface area contributed by atoms with Gasteiger partial charge in [-0.15, -0.1) is 17.5 Å². The van der Waals surface area contributed by atoms with Crippen LogP contribution >= 0.6 is 11.3 Å². The molecule has 269 valence electrons. The number of hydrogen-bond acceptors (Lipinski definition) is 3. The normalized spacial score (nSPS) is 12.3. The molecule has 0 spiro atoms. The molecular weight excluding hydrogens is 920 g/mol. The van der Waals surface area contributed by atoms with Gasteiger partial charge in [-0.1, -0.05) is 94.7 Å². The summed E-state index contributed by atoms with van der Waals surface area (Å²) in [5.41, 5.74) is 6.12. The van der Waals surface area contributed by atoms with Crippen molar-refractivity contribution in [2.45, 2.75) is 37.5 Å². The van der Waals surface area contributed by atoms with Crippen molar-refractivity contribution in [1.82, 2.24) is 9.97 Å². The van der Waals surface area contributed by atoms with Crippen LogP contribution in [0.4, 0.5) is 4.39 Å². The van der Waals surface area contributed by atoms with Crippen LogP contribution < -0.4 is 4.40 Å². The molecular formula is C48H39FGeIrN2S-2. The van der Waals surface area contributed by atoms with E-state index in [0.717, 1.165) is 59.5 Å². The molecule has 9 rings (SSSR count). The maximum atomic E-state index is 15.1. The first-order valence-corrected chi connectivity index (χ1v) is 25.9. The first kappa shape index (κ1) is 35.2. The van der Waals surface area contributed by atoms with Gasteiger partial charge in [-0.3, -0.25) is 4.98 Å². The molecule has 9 aromatic rings. The largest absolute Gasteiger partial charge is 0.292 e. The predicted octanol–water partition coefficient (Wildman–Crippen LogP) is 12.7. The zero-order valence-electron chi connectivity index (χ0n) is 32.7. The first-order chi connectivity index (χ1) is 26.4. The smallest absolute Gasteiger partial charge is 0.143 e. The molecule has 3 heterocycles. The average molecular weight is 962 g/mol. The van der Waals surface area contributed by atoms with Gasteiger partial charge in [0, 0.05) is 33.2 Å². The Balaban J connectivity index is 0.000000225. The molecule has 3 aromatic heterocycles. The Labute approximate surface area is 339 Å². The van der Waals surface area contributed by atoms with Crippen LogP contribution in [-0.2, 0) is 26.5 Å². The molecule has 2 nitrogen and oxygen atoms in total. The van der Waals surface area contributed by atoms with Gasteiger partial charge in [0.05, 0.1) is 6.20 Å². The van der Waals surface area contributed by atoms with E-state index in [0.29, 0.717) is 11.3 Å². The van der Waals surface area contributed by atoms with Gasteiger partial charge < -0.3 is 0 Å². The number of benzene rings is 6. The van der Waals surface area contributed by atoms with Crippen LogP contribution in [-0.4, -0.2) is 23.2 Å². The van der Waals surface area contributed by atoms with E-state index in [-0.39, 0.29) is 25.7 Å². The number of aryl methyl sites for hydroxylation is 2. The van der Waals surface area contributed by atoms with E-state index >= 15 is 4.39 Å². The number of fused-ring (bicyclic) bond motifs is 6. The van der Waals surface area contributed by atoms with Crippen LogP contribution in [0.1, 0.15) is 25.0 Å². The molecule has 1 radical (unpaired) electrons. The summed E-state index contributed by atoms with van der Waals surface area (Å²) in [6.45, 7) is 4.14. The average Bonchev–Trinajstić information content (AvgIpc) is 3.55. The summed E-state index contributed by atoms with van der Waals surface area (Å²) in [5, 5.41) is 6.67. The van der Waals surface area contributed by atoms with Crippen molar-refractivity contribution in [3.8, 4) is 22.5 Å². The van der Waals surface area contributed by atoms with Gasteiger partial charge in [-0.2, -0.15) is 11.3 Å². The van der Waals surface area contributed by atoms with E-state index in [1.54, 1.807) is 29.5 Å². The van der Waals surface area contributed by atoms with Gasteiger partial charge in [0.2, 0.25) is 0 Å². The molecule has 0 saturated carbocycles.